The fourth-order valence-electron chi connectivity index (χ4n) is 2.42. The smallest absolute Gasteiger partial charge is 0.311 e. The number of carbonyl (C=O) groups excluding carboxylic acids is 1. The van der Waals surface area contributed by atoms with E-state index in [4.69, 9.17) is 62.7 Å². The quantitative estimate of drug-likeness (QED) is 0.111. The van der Waals surface area contributed by atoms with Crippen molar-refractivity contribution in [2.24, 2.45) is 0 Å². The number of rotatable bonds is 11. The number of hydrogen-bond donors (Lipinski definition) is 0. The van der Waals surface area contributed by atoms with Gasteiger partial charge in [0.15, 0.2) is 5.75 Å². The largest absolute Gasteiger partial charge is 0.423 e. The van der Waals surface area contributed by atoms with E-state index in [-0.39, 0.29) is 30.9 Å². The van der Waals surface area contributed by atoms with Crippen LogP contribution in [0.25, 0.3) is 0 Å². The average Bonchev–Trinajstić information content (AvgIpc) is 2.60. The van der Waals surface area contributed by atoms with Crippen LogP contribution in [0.3, 0.4) is 0 Å². The molecule has 0 N–H and O–H groups in total. The van der Waals surface area contributed by atoms with Crippen molar-refractivity contribution in [2.75, 3.05) is 0 Å². The zero-order valence-electron chi connectivity index (χ0n) is 14.3. The molecule has 142 valence electrons. The van der Waals surface area contributed by atoms with Crippen LogP contribution >= 0.6 is 58.0 Å². The first-order chi connectivity index (χ1) is 11.9. The molecule has 0 aliphatic rings. The predicted molar refractivity (Wildman–Crippen MR) is 109 cm³/mol. The standard InChI is InChI=1S/C18H23Cl5O2/c1-2-3-4-5-6-7-8-9-10-11-12(24)25-18-16(22)14(20)13(19)15(21)17(18)23/h2-11H2,1H3. The van der Waals surface area contributed by atoms with Crippen LogP contribution in [0.5, 0.6) is 5.75 Å². The van der Waals surface area contributed by atoms with Crippen molar-refractivity contribution in [3.8, 4) is 5.75 Å². The molecule has 0 saturated heterocycles. The lowest BCUT2D eigenvalue weighted by atomic mass is 10.1. The van der Waals surface area contributed by atoms with Gasteiger partial charge >= 0.3 is 5.97 Å². The molecule has 1 rings (SSSR count). The van der Waals surface area contributed by atoms with Crippen LogP contribution in [-0.2, 0) is 4.79 Å². The first-order valence-electron chi connectivity index (χ1n) is 8.62. The fourth-order valence-corrected chi connectivity index (χ4v) is 3.62. The van der Waals surface area contributed by atoms with Gasteiger partial charge in [-0.1, -0.05) is 116 Å². The molecule has 0 unspecified atom stereocenters. The van der Waals surface area contributed by atoms with E-state index in [1.54, 1.807) is 0 Å². The van der Waals surface area contributed by atoms with Crippen molar-refractivity contribution in [2.45, 2.75) is 71.1 Å². The molecule has 2 nitrogen and oxygen atoms in total. The van der Waals surface area contributed by atoms with E-state index < -0.39 is 5.97 Å². The van der Waals surface area contributed by atoms with Crippen LogP contribution in [0.4, 0.5) is 0 Å². The summed E-state index contributed by atoms with van der Waals surface area (Å²) in [5.41, 5.74) is 0. The van der Waals surface area contributed by atoms with Gasteiger partial charge < -0.3 is 4.74 Å². The summed E-state index contributed by atoms with van der Waals surface area (Å²) in [6.45, 7) is 2.21. The fraction of sp³-hybridized carbons (Fsp3) is 0.611. The third-order valence-electron chi connectivity index (χ3n) is 3.87. The normalized spacial score (nSPS) is 11.0. The summed E-state index contributed by atoms with van der Waals surface area (Å²) in [6.07, 6.45) is 10.8. The van der Waals surface area contributed by atoms with Gasteiger partial charge in [0.1, 0.15) is 10.0 Å². The molecule has 25 heavy (non-hydrogen) atoms. The van der Waals surface area contributed by atoms with E-state index in [1.165, 1.54) is 38.5 Å². The van der Waals surface area contributed by atoms with Gasteiger partial charge in [-0.15, -0.1) is 0 Å². The zero-order valence-corrected chi connectivity index (χ0v) is 18.1. The van der Waals surface area contributed by atoms with E-state index in [9.17, 15) is 4.79 Å². The lowest BCUT2D eigenvalue weighted by Crippen LogP contribution is -2.08. The van der Waals surface area contributed by atoms with Crippen LogP contribution in [0, 0.1) is 0 Å². The highest BCUT2D eigenvalue weighted by Crippen LogP contribution is 2.48. The third-order valence-corrected chi connectivity index (χ3v) is 6.11. The van der Waals surface area contributed by atoms with Gasteiger partial charge in [-0.05, 0) is 6.42 Å². The molecular weight excluding hydrogens is 425 g/mol. The SMILES string of the molecule is CCCCCCCCCCCC(=O)Oc1c(Cl)c(Cl)c(Cl)c(Cl)c1Cl. The highest BCUT2D eigenvalue weighted by Gasteiger charge is 2.22. The van der Waals surface area contributed by atoms with Crippen molar-refractivity contribution in [3.05, 3.63) is 25.1 Å². The molecule has 0 bridgehead atoms. The van der Waals surface area contributed by atoms with Crippen molar-refractivity contribution >= 4 is 64.0 Å². The zero-order chi connectivity index (χ0) is 18.8. The van der Waals surface area contributed by atoms with Gasteiger partial charge in [0, 0.05) is 6.42 Å². The van der Waals surface area contributed by atoms with E-state index in [0.29, 0.717) is 6.42 Å². The number of ether oxygens (including phenoxy) is 1. The molecular formula is C18H23Cl5O2. The maximum Gasteiger partial charge on any atom is 0.311 e. The minimum absolute atomic E-state index is 0.0125. The van der Waals surface area contributed by atoms with Crippen LogP contribution < -0.4 is 4.74 Å². The molecule has 0 amide bonds. The van der Waals surface area contributed by atoms with Gasteiger partial charge in [-0.25, -0.2) is 0 Å². The maximum atomic E-state index is 12.0. The van der Waals surface area contributed by atoms with Crippen molar-refractivity contribution in [1.82, 2.24) is 0 Å². The Bertz CT molecular complexity index is 546. The molecule has 1 aromatic carbocycles. The highest BCUT2D eigenvalue weighted by atomic mass is 35.5. The summed E-state index contributed by atoms with van der Waals surface area (Å²) in [5, 5.41) is 0.0484. The van der Waals surface area contributed by atoms with E-state index in [1.807, 2.05) is 0 Å². The third kappa shape index (κ3) is 7.72. The number of halogens is 5. The van der Waals surface area contributed by atoms with Crippen molar-refractivity contribution < 1.29 is 9.53 Å². The molecule has 0 aromatic heterocycles. The first kappa shape index (κ1) is 23.2. The molecule has 0 fully saturated rings. The lowest BCUT2D eigenvalue weighted by Gasteiger charge is -2.12. The second-order valence-corrected chi connectivity index (χ2v) is 7.84. The maximum absolute atomic E-state index is 12.0. The second-order valence-electron chi connectivity index (χ2n) is 5.95. The van der Waals surface area contributed by atoms with E-state index in [0.717, 1.165) is 19.3 Å². The Hall–Kier alpha value is 0.140. The molecule has 0 aliphatic carbocycles. The lowest BCUT2D eigenvalue weighted by molar-refractivity contribution is -0.134. The van der Waals surface area contributed by atoms with Crippen molar-refractivity contribution in [3.63, 3.8) is 0 Å². The monoisotopic (exact) mass is 446 g/mol. The van der Waals surface area contributed by atoms with Gasteiger partial charge in [0.25, 0.3) is 0 Å². The number of unbranched alkanes of at least 4 members (excludes halogenated alkanes) is 8. The van der Waals surface area contributed by atoms with E-state index >= 15 is 0 Å². The molecule has 0 atom stereocenters. The molecule has 0 radical (unpaired) electrons. The number of benzene rings is 1. The van der Waals surface area contributed by atoms with Crippen LogP contribution in [-0.4, -0.2) is 5.97 Å². The Morgan fingerprint density at radius 2 is 1.08 bits per heavy atom. The Kier molecular flexibility index (Phi) is 11.6. The molecule has 0 aliphatic heterocycles. The summed E-state index contributed by atoms with van der Waals surface area (Å²) < 4.78 is 5.23. The number of carbonyl (C=O) groups is 1. The Morgan fingerprint density at radius 1 is 0.680 bits per heavy atom. The summed E-state index contributed by atoms with van der Waals surface area (Å²) >= 11 is 29.9. The van der Waals surface area contributed by atoms with Crippen LogP contribution in [0.1, 0.15) is 71.1 Å². The molecule has 0 saturated carbocycles. The van der Waals surface area contributed by atoms with E-state index in [2.05, 4.69) is 6.92 Å². The van der Waals surface area contributed by atoms with Gasteiger partial charge in [-0.2, -0.15) is 0 Å². The Balaban J connectivity index is 2.34. The first-order valence-corrected chi connectivity index (χ1v) is 10.5. The number of hydrogen-bond acceptors (Lipinski definition) is 2. The van der Waals surface area contributed by atoms with Gasteiger partial charge in [0.2, 0.25) is 0 Å². The summed E-state index contributed by atoms with van der Waals surface area (Å²) in [5.74, 6) is -0.454. The van der Waals surface area contributed by atoms with Crippen LogP contribution in [0.2, 0.25) is 25.1 Å². The summed E-state index contributed by atoms with van der Waals surface area (Å²) in [7, 11) is 0. The minimum Gasteiger partial charge on any atom is -0.423 e. The van der Waals surface area contributed by atoms with Crippen LogP contribution in [0.15, 0.2) is 0 Å². The molecule has 1 aromatic rings. The summed E-state index contributed by atoms with van der Waals surface area (Å²) in [6, 6.07) is 0. The summed E-state index contributed by atoms with van der Waals surface area (Å²) in [4.78, 5) is 12.0. The Labute approximate surface area is 175 Å². The molecule has 0 heterocycles. The molecule has 0 spiro atoms. The average molecular weight is 449 g/mol. The second kappa shape index (κ2) is 12.5. The highest BCUT2D eigenvalue weighted by molar-refractivity contribution is 6.55. The molecule has 7 heteroatoms. The Morgan fingerprint density at radius 3 is 1.56 bits per heavy atom. The van der Waals surface area contributed by atoms with Gasteiger partial charge in [-0.3, -0.25) is 4.79 Å². The number of esters is 1. The minimum atomic E-state index is -0.416. The van der Waals surface area contributed by atoms with Crippen molar-refractivity contribution in [1.29, 1.82) is 0 Å². The van der Waals surface area contributed by atoms with Gasteiger partial charge in [0.05, 0.1) is 15.1 Å². The topological polar surface area (TPSA) is 26.3 Å². The predicted octanol–water partition coefficient (Wildman–Crippen LogP) is 8.78.